The van der Waals surface area contributed by atoms with Crippen molar-refractivity contribution in [3.63, 3.8) is 0 Å². The molecule has 0 saturated carbocycles. The summed E-state index contributed by atoms with van der Waals surface area (Å²) in [6.45, 7) is 4.63. The van der Waals surface area contributed by atoms with Crippen molar-refractivity contribution in [3.05, 3.63) is 24.3 Å². The Labute approximate surface area is 366 Å². The van der Waals surface area contributed by atoms with Gasteiger partial charge in [-0.05, 0) is 44.9 Å². The average molecular weight is 855 g/mol. The minimum absolute atomic E-state index is 0.0000274. The first-order valence-electron chi connectivity index (χ1n) is 25.2. The van der Waals surface area contributed by atoms with E-state index >= 15 is 0 Å². The molecular formula is C50H99N2O6P. The van der Waals surface area contributed by atoms with E-state index in [9.17, 15) is 19.4 Å². The molecule has 3 unspecified atom stereocenters. The van der Waals surface area contributed by atoms with Gasteiger partial charge in [-0.3, -0.25) is 9.36 Å². The highest BCUT2D eigenvalue weighted by molar-refractivity contribution is 7.45. The maximum Gasteiger partial charge on any atom is 0.268 e. The van der Waals surface area contributed by atoms with Crippen molar-refractivity contribution in [1.82, 2.24) is 5.32 Å². The molecule has 9 heteroatoms. The number of carbonyl (C=O) groups excluding carboxylic acids is 1. The molecule has 0 aliphatic carbocycles. The Hall–Kier alpha value is -1.02. The first-order chi connectivity index (χ1) is 28.5. The van der Waals surface area contributed by atoms with E-state index < -0.39 is 20.0 Å². The molecule has 1 amide bonds. The Morgan fingerprint density at radius 2 is 0.932 bits per heavy atom. The first kappa shape index (κ1) is 58.0. The van der Waals surface area contributed by atoms with Gasteiger partial charge in [0.2, 0.25) is 5.91 Å². The lowest BCUT2D eigenvalue weighted by Crippen LogP contribution is -2.45. The zero-order chi connectivity index (χ0) is 43.6. The number of nitrogens with one attached hydrogen (secondary N) is 1. The molecule has 0 rings (SSSR count). The maximum atomic E-state index is 12.8. The monoisotopic (exact) mass is 855 g/mol. The van der Waals surface area contributed by atoms with Crippen LogP contribution in [0.1, 0.15) is 239 Å². The standard InChI is InChI=1S/C50H99N2O6P/c1-6-8-10-12-14-16-17-18-19-20-21-22-23-24-25-26-27-28-29-30-31-32-33-34-36-38-40-42-44-50(54)51-48(47-58-59(55,56)57-46-45-52(3,4)5)49(53)43-41-39-37-35-15-13-11-9-7-2/h24-25,41,43,48-49,53H,6-23,26-40,42,44-47H2,1-5H3,(H-,51,54,55,56)/b25-24-,43-41+. The number of likely N-dealkylation sites (N-methyl/N-ethyl adjacent to an activating group) is 1. The molecule has 59 heavy (non-hydrogen) atoms. The van der Waals surface area contributed by atoms with Gasteiger partial charge in [-0.15, -0.1) is 0 Å². The summed E-state index contributed by atoms with van der Waals surface area (Å²) in [7, 11) is 1.26. The second-order valence-corrected chi connectivity index (χ2v) is 19.9. The smallest absolute Gasteiger partial charge is 0.268 e. The van der Waals surface area contributed by atoms with Gasteiger partial charge in [0.1, 0.15) is 13.2 Å². The molecule has 0 bridgehead atoms. The van der Waals surface area contributed by atoms with Crippen LogP contribution in [0, 0.1) is 0 Å². The SMILES string of the molecule is CCCCCCCCC/C=C/C(O)C(COP(=O)([O-])OCC[N+](C)(C)C)NC(=O)CCCCCCCCCCCCCC/C=C\CCCCCCCCCCCCCC. The third-order valence-electron chi connectivity index (χ3n) is 11.4. The number of phosphoric ester groups is 1. The number of phosphoric acid groups is 1. The second-order valence-electron chi connectivity index (χ2n) is 18.5. The number of allylic oxidation sites excluding steroid dienone is 3. The highest BCUT2D eigenvalue weighted by atomic mass is 31.2. The average Bonchev–Trinajstić information content (AvgIpc) is 3.19. The van der Waals surface area contributed by atoms with E-state index in [0.717, 1.165) is 38.5 Å². The van der Waals surface area contributed by atoms with Gasteiger partial charge in [0.05, 0.1) is 39.9 Å². The van der Waals surface area contributed by atoms with Gasteiger partial charge < -0.3 is 28.8 Å². The number of nitrogens with zero attached hydrogens (tertiary/aromatic N) is 1. The predicted octanol–water partition coefficient (Wildman–Crippen LogP) is 13.8. The molecule has 0 aromatic rings. The molecule has 2 N–H and O–H groups in total. The Bertz CT molecular complexity index is 1020. The summed E-state index contributed by atoms with van der Waals surface area (Å²) in [5.74, 6) is -0.198. The molecule has 0 aromatic heterocycles. The third kappa shape index (κ3) is 44.8. The molecule has 0 fully saturated rings. The molecular weight excluding hydrogens is 756 g/mol. The van der Waals surface area contributed by atoms with Crippen molar-refractivity contribution in [2.45, 2.75) is 251 Å². The zero-order valence-corrected chi connectivity index (χ0v) is 40.6. The number of rotatable bonds is 46. The van der Waals surface area contributed by atoms with Crippen LogP contribution in [0.4, 0.5) is 0 Å². The lowest BCUT2D eigenvalue weighted by atomic mass is 10.0. The number of aliphatic hydroxyl groups excluding tert-OH is 1. The predicted molar refractivity (Wildman–Crippen MR) is 252 cm³/mol. The van der Waals surface area contributed by atoms with Crippen LogP contribution in [0.2, 0.25) is 0 Å². The summed E-state index contributed by atoms with van der Waals surface area (Å²) in [4.78, 5) is 25.3. The van der Waals surface area contributed by atoms with E-state index in [2.05, 4.69) is 31.3 Å². The van der Waals surface area contributed by atoms with Gasteiger partial charge in [0.25, 0.3) is 7.82 Å². The molecule has 0 aliphatic heterocycles. The van der Waals surface area contributed by atoms with Crippen molar-refractivity contribution in [1.29, 1.82) is 0 Å². The number of aliphatic hydroxyl groups is 1. The fraction of sp³-hybridized carbons (Fsp3) is 0.900. The minimum Gasteiger partial charge on any atom is -0.756 e. The van der Waals surface area contributed by atoms with E-state index in [1.807, 2.05) is 27.2 Å². The van der Waals surface area contributed by atoms with E-state index in [4.69, 9.17) is 9.05 Å². The lowest BCUT2D eigenvalue weighted by Gasteiger charge is -2.29. The van der Waals surface area contributed by atoms with E-state index in [1.54, 1.807) is 6.08 Å². The van der Waals surface area contributed by atoms with Gasteiger partial charge in [0, 0.05) is 6.42 Å². The largest absolute Gasteiger partial charge is 0.756 e. The zero-order valence-electron chi connectivity index (χ0n) is 39.7. The van der Waals surface area contributed by atoms with Gasteiger partial charge >= 0.3 is 0 Å². The van der Waals surface area contributed by atoms with E-state index in [1.165, 1.54) is 180 Å². The van der Waals surface area contributed by atoms with Crippen LogP contribution in [0.5, 0.6) is 0 Å². The molecule has 3 atom stereocenters. The van der Waals surface area contributed by atoms with Crippen LogP contribution in [0.3, 0.4) is 0 Å². The van der Waals surface area contributed by atoms with Crippen molar-refractivity contribution in [2.24, 2.45) is 0 Å². The summed E-state index contributed by atoms with van der Waals surface area (Å²) in [6, 6.07) is -0.882. The van der Waals surface area contributed by atoms with Crippen LogP contribution < -0.4 is 10.2 Å². The van der Waals surface area contributed by atoms with Crippen LogP contribution in [-0.4, -0.2) is 68.5 Å². The summed E-state index contributed by atoms with van der Waals surface area (Å²) < 4.78 is 23.2. The lowest BCUT2D eigenvalue weighted by molar-refractivity contribution is -0.870. The maximum absolute atomic E-state index is 12.8. The Morgan fingerprint density at radius 3 is 1.32 bits per heavy atom. The number of quaternary nitrogens is 1. The molecule has 8 nitrogen and oxygen atoms in total. The topological polar surface area (TPSA) is 108 Å². The fourth-order valence-electron chi connectivity index (χ4n) is 7.38. The Balaban J connectivity index is 4.03. The molecule has 0 aromatic carbocycles. The summed E-state index contributed by atoms with van der Waals surface area (Å²) in [5, 5.41) is 13.7. The molecule has 350 valence electrons. The van der Waals surface area contributed by atoms with Crippen LogP contribution in [0.15, 0.2) is 24.3 Å². The quantitative estimate of drug-likeness (QED) is 0.0273. The number of hydrogen-bond acceptors (Lipinski definition) is 6. The van der Waals surface area contributed by atoms with Crippen LogP contribution >= 0.6 is 7.82 Å². The van der Waals surface area contributed by atoms with Gasteiger partial charge in [-0.25, -0.2) is 0 Å². The highest BCUT2D eigenvalue weighted by Gasteiger charge is 2.23. The normalized spacial score (nSPS) is 14.4. The Morgan fingerprint density at radius 1 is 0.576 bits per heavy atom. The number of hydrogen-bond donors (Lipinski definition) is 2. The third-order valence-corrected chi connectivity index (χ3v) is 12.4. The summed E-state index contributed by atoms with van der Waals surface area (Å²) in [6.07, 6.45) is 51.2. The molecule has 0 radical (unpaired) electrons. The van der Waals surface area contributed by atoms with Crippen molar-refractivity contribution >= 4 is 13.7 Å². The second kappa shape index (κ2) is 42.3. The van der Waals surface area contributed by atoms with Crippen molar-refractivity contribution in [3.8, 4) is 0 Å². The summed E-state index contributed by atoms with van der Waals surface area (Å²) >= 11 is 0. The van der Waals surface area contributed by atoms with Crippen molar-refractivity contribution < 1.29 is 32.9 Å². The summed E-state index contributed by atoms with van der Waals surface area (Å²) in [5.41, 5.74) is 0. The van der Waals surface area contributed by atoms with Gasteiger partial charge in [-0.1, -0.05) is 212 Å². The highest BCUT2D eigenvalue weighted by Crippen LogP contribution is 2.38. The van der Waals surface area contributed by atoms with Crippen molar-refractivity contribution in [2.75, 3.05) is 40.9 Å². The molecule has 0 saturated heterocycles. The number of unbranched alkanes of at least 4 members (excludes halogenated alkanes) is 31. The molecule has 0 spiro atoms. The van der Waals surface area contributed by atoms with E-state index in [-0.39, 0.29) is 19.1 Å². The number of amides is 1. The molecule has 0 aliphatic rings. The fourth-order valence-corrected chi connectivity index (χ4v) is 8.11. The van der Waals surface area contributed by atoms with Crippen LogP contribution in [0.25, 0.3) is 0 Å². The minimum atomic E-state index is -4.58. The van der Waals surface area contributed by atoms with Gasteiger partial charge in [0.15, 0.2) is 0 Å². The van der Waals surface area contributed by atoms with Gasteiger partial charge in [-0.2, -0.15) is 0 Å². The Kier molecular flexibility index (Phi) is 41.6. The first-order valence-corrected chi connectivity index (χ1v) is 26.7. The van der Waals surface area contributed by atoms with E-state index in [0.29, 0.717) is 17.4 Å². The molecule has 0 heterocycles. The van der Waals surface area contributed by atoms with Crippen LogP contribution in [-0.2, 0) is 18.4 Å². The number of carbonyl (C=O) groups is 1.